The van der Waals surface area contributed by atoms with E-state index in [9.17, 15) is 0 Å². The van der Waals surface area contributed by atoms with Gasteiger partial charge >= 0.3 is 0 Å². The number of hydrogen-bond acceptors (Lipinski definition) is 6. The number of morpholine rings is 1. The second-order valence-electron chi connectivity index (χ2n) is 4.21. The number of rotatable bonds is 3. The molecule has 1 fully saturated rings. The van der Waals surface area contributed by atoms with E-state index in [0.29, 0.717) is 12.6 Å². The SMILES string of the molecule is c1cnc(Nc2cccc([C@H]3CNCCO3)n2)nc1. The Kier molecular flexibility index (Phi) is 3.62. The molecule has 3 heterocycles. The summed E-state index contributed by atoms with van der Waals surface area (Å²) in [6.07, 6.45) is 3.38. The molecule has 3 rings (SSSR count). The smallest absolute Gasteiger partial charge is 0.228 e. The number of nitrogens with zero attached hydrogens (tertiary/aromatic N) is 3. The summed E-state index contributed by atoms with van der Waals surface area (Å²) < 4.78 is 5.69. The summed E-state index contributed by atoms with van der Waals surface area (Å²) in [7, 11) is 0. The number of aromatic nitrogens is 3. The van der Waals surface area contributed by atoms with Gasteiger partial charge in [-0.1, -0.05) is 6.07 Å². The van der Waals surface area contributed by atoms with E-state index < -0.39 is 0 Å². The van der Waals surface area contributed by atoms with Gasteiger partial charge in [0.25, 0.3) is 0 Å². The van der Waals surface area contributed by atoms with Crippen LogP contribution in [0, 0.1) is 0 Å². The molecule has 19 heavy (non-hydrogen) atoms. The molecule has 0 aromatic carbocycles. The van der Waals surface area contributed by atoms with Crippen LogP contribution >= 0.6 is 0 Å². The first-order valence-electron chi connectivity index (χ1n) is 6.25. The molecule has 0 bridgehead atoms. The zero-order valence-corrected chi connectivity index (χ0v) is 10.4. The van der Waals surface area contributed by atoms with Gasteiger partial charge in [0.15, 0.2) is 0 Å². The van der Waals surface area contributed by atoms with Crippen LogP contribution < -0.4 is 10.6 Å². The van der Waals surface area contributed by atoms with Gasteiger partial charge in [-0.25, -0.2) is 15.0 Å². The molecule has 1 aliphatic heterocycles. The van der Waals surface area contributed by atoms with Gasteiger partial charge in [0, 0.05) is 25.5 Å². The summed E-state index contributed by atoms with van der Waals surface area (Å²) in [5, 5.41) is 6.37. The Hall–Kier alpha value is -2.05. The molecule has 98 valence electrons. The fourth-order valence-corrected chi connectivity index (χ4v) is 1.93. The molecule has 6 heteroatoms. The third-order valence-corrected chi connectivity index (χ3v) is 2.83. The van der Waals surface area contributed by atoms with Crippen LogP contribution in [0.4, 0.5) is 11.8 Å². The molecule has 2 aromatic rings. The molecule has 0 radical (unpaired) electrons. The van der Waals surface area contributed by atoms with Crippen molar-refractivity contribution in [3.63, 3.8) is 0 Å². The highest BCUT2D eigenvalue weighted by atomic mass is 16.5. The first-order chi connectivity index (χ1) is 9.42. The van der Waals surface area contributed by atoms with E-state index >= 15 is 0 Å². The zero-order valence-electron chi connectivity index (χ0n) is 10.4. The summed E-state index contributed by atoms with van der Waals surface area (Å²) in [6, 6.07) is 7.58. The van der Waals surface area contributed by atoms with E-state index in [2.05, 4.69) is 25.6 Å². The van der Waals surface area contributed by atoms with Crippen molar-refractivity contribution in [1.29, 1.82) is 0 Å². The third-order valence-electron chi connectivity index (χ3n) is 2.83. The Bertz CT molecular complexity index is 528. The second kappa shape index (κ2) is 5.73. The predicted molar refractivity (Wildman–Crippen MR) is 71.1 cm³/mol. The highest BCUT2D eigenvalue weighted by molar-refractivity contribution is 5.47. The summed E-state index contributed by atoms with van der Waals surface area (Å²) >= 11 is 0. The van der Waals surface area contributed by atoms with Gasteiger partial charge in [-0.05, 0) is 18.2 Å². The normalized spacial score (nSPS) is 19.1. The molecule has 1 atom stereocenters. The second-order valence-corrected chi connectivity index (χ2v) is 4.21. The van der Waals surface area contributed by atoms with E-state index in [1.165, 1.54) is 0 Å². The fourth-order valence-electron chi connectivity index (χ4n) is 1.93. The first-order valence-corrected chi connectivity index (χ1v) is 6.25. The third kappa shape index (κ3) is 3.04. The molecule has 0 saturated carbocycles. The number of ether oxygens (including phenoxy) is 1. The molecule has 0 unspecified atom stereocenters. The Morgan fingerprint density at radius 1 is 1.21 bits per heavy atom. The van der Waals surface area contributed by atoms with Crippen LogP contribution in [0.15, 0.2) is 36.7 Å². The lowest BCUT2D eigenvalue weighted by atomic mass is 10.2. The highest BCUT2D eigenvalue weighted by Crippen LogP contribution is 2.19. The van der Waals surface area contributed by atoms with Crippen molar-refractivity contribution >= 4 is 11.8 Å². The predicted octanol–water partition coefficient (Wildman–Crippen LogP) is 1.28. The molecule has 1 aliphatic rings. The minimum absolute atomic E-state index is 0.00666. The van der Waals surface area contributed by atoms with Crippen LogP contribution in [-0.4, -0.2) is 34.6 Å². The quantitative estimate of drug-likeness (QED) is 0.863. The number of nitrogens with one attached hydrogen (secondary N) is 2. The molecular formula is C13H15N5O. The van der Waals surface area contributed by atoms with Crippen LogP contribution in [0.1, 0.15) is 11.8 Å². The van der Waals surface area contributed by atoms with E-state index in [1.807, 2.05) is 18.2 Å². The van der Waals surface area contributed by atoms with Crippen molar-refractivity contribution in [2.45, 2.75) is 6.10 Å². The van der Waals surface area contributed by atoms with E-state index in [-0.39, 0.29) is 6.10 Å². The number of hydrogen-bond donors (Lipinski definition) is 2. The van der Waals surface area contributed by atoms with Gasteiger partial charge in [-0.2, -0.15) is 0 Å². The van der Waals surface area contributed by atoms with Crippen LogP contribution in [0.3, 0.4) is 0 Å². The molecule has 0 spiro atoms. The summed E-state index contributed by atoms with van der Waals surface area (Å²) in [5.74, 6) is 1.26. The van der Waals surface area contributed by atoms with Crippen LogP contribution in [0.25, 0.3) is 0 Å². The maximum absolute atomic E-state index is 5.69. The maximum Gasteiger partial charge on any atom is 0.228 e. The van der Waals surface area contributed by atoms with Gasteiger partial charge < -0.3 is 15.4 Å². The standard InChI is InChI=1S/C13H15N5O/c1-3-10(11-9-14-7-8-19-11)17-12(4-1)18-13-15-5-2-6-16-13/h1-6,11,14H,7-9H2,(H,15,16,17,18)/t11-/m1/s1. The van der Waals surface area contributed by atoms with Crippen molar-refractivity contribution in [3.05, 3.63) is 42.4 Å². The van der Waals surface area contributed by atoms with Gasteiger partial charge in [0.1, 0.15) is 11.9 Å². The average Bonchev–Trinajstić information content (AvgIpc) is 2.49. The Labute approximate surface area is 111 Å². The summed E-state index contributed by atoms with van der Waals surface area (Å²) in [4.78, 5) is 12.8. The summed E-state index contributed by atoms with van der Waals surface area (Å²) in [6.45, 7) is 2.40. The lowest BCUT2D eigenvalue weighted by Gasteiger charge is -2.23. The van der Waals surface area contributed by atoms with Crippen molar-refractivity contribution in [3.8, 4) is 0 Å². The Morgan fingerprint density at radius 3 is 2.89 bits per heavy atom. The van der Waals surface area contributed by atoms with Gasteiger partial charge in [0.05, 0.1) is 12.3 Å². The molecule has 2 aromatic heterocycles. The molecule has 2 N–H and O–H groups in total. The van der Waals surface area contributed by atoms with Crippen molar-refractivity contribution in [2.24, 2.45) is 0 Å². The maximum atomic E-state index is 5.69. The van der Waals surface area contributed by atoms with E-state index in [1.54, 1.807) is 18.5 Å². The van der Waals surface area contributed by atoms with E-state index in [0.717, 1.165) is 24.6 Å². The van der Waals surface area contributed by atoms with Gasteiger partial charge in [0.2, 0.25) is 5.95 Å². The fraction of sp³-hybridized carbons (Fsp3) is 0.308. The topological polar surface area (TPSA) is 72.0 Å². The molecule has 6 nitrogen and oxygen atoms in total. The lowest BCUT2D eigenvalue weighted by molar-refractivity contribution is 0.0251. The monoisotopic (exact) mass is 257 g/mol. The molecular weight excluding hydrogens is 242 g/mol. The zero-order chi connectivity index (χ0) is 12.9. The van der Waals surface area contributed by atoms with Crippen molar-refractivity contribution in [2.75, 3.05) is 25.0 Å². The Morgan fingerprint density at radius 2 is 2.11 bits per heavy atom. The van der Waals surface area contributed by atoms with Gasteiger partial charge in [-0.15, -0.1) is 0 Å². The summed E-state index contributed by atoms with van der Waals surface area (Å²) in [5.41, 5.74) is 0.910. The molecule has 1 saturated heterocycles. The number of anilines is 2. The lowest BCUT2D eigenvalue weighted by Crippen LogP contribution is -2.33. The molecule has 0 amide bonds. The Balaban J connectivity index is 1.76. The van der Waals surface area contributed by atoms with Crippen molar-refractivity contribution in [1.82, 2.24) is 20.3 Å². The van der Waals surface area contributed by atoms with Gasteiger partial charge in [-0.3, -0.25) is 0 Å². The highest BCUT2D eigenvalue weighted by Gasteiger charge is 2.17. The largest absolute Gasteiger partial charge is 0.369 e. The van der Waals surface area contributed by atoms with Crippen LogP contribution in [-0.2, 0) is 4.74 Å². The first kappa shape index (κ1) is 12.0. The minimum Gasteiger partial charge on any atom is -0.369 e. The number of pyridine rings is 1. The average molecular weight is 257 g/mol. The minimum atomic E-state index is 0.00666. The van der Waals surface area contributed by atoms with Crippen LogP contribution in [0.5, 0.6) is 0 Å². The van der Waals surface area contributed by atoms with E-state index in [4.69, 9.17) is 4.74 Å². The molecule has 0 aliphatic carbocycles. The van der Waals surface area contributed by atoms with Crippen molar-refractivity contribution < 1.29 is 4.74 Å². The van der Waals surface area contributed by atoms with Crippen LogP contribution in [0.2, 0.25) is 0 Å².